The number of alkyl halides is 2. The number of hydrogen-bond donors (Lipinski definition) is 2. The fourth-order valence-corrected chi connectivity index (χ4v) is 2.50. The number of carbonyl (C=O) groups excluding carboxylic acids is 1. The average Bonchev–Trinajstić information content (AvgIpc) is 2.49. The van der Waals surface area contributed by atoms with Crippen LogP contribution in [0, 0.1) is 0 Å². The second kappa shape index (κ2) is 7.40. The Balaban J connectivity index is 2.11. The first-order valence-electron chi connectivity index (χ1n) is 7.18. The number of hydrogen-bond acceptors (Lipinski definition) is 4. The van der Waals surface area contributed by atoms with Gasteiger partial charge in [-0.3, -0.25) is 4.79 Å². The fourth-order valence-electron chi connectivity index (χ4n) is 2.50. The monoisotopic (exact) mass is 314 g/mol. The van der Waals surface area contributed by atoms with Crippen LogP contribution in [-0.2, 0) is 0 Å². The molecule has 0 radical (unpaired) electrons. The smallest absolute Gasteiger partial charge is 0.387 e. The molecular weight excluding hydrogens is 294 g/mol. The molecule has 2 rings (SSSR count). The van der Waals surface area contributed by atoms with Crippen molar-refractivity contribution in [1.82, 2.24) is 10.6 Å². The van der Waals surface area contributed by atoms with Crippen LogP contribution in [0.15, 0.2) is 18.2 Å². The van der Waals surface area contributed by atoms with Crippen molar-refractivity contribution in [2.75, 3.05) is 13.7 Å². The van der Waals surface area contributed by atoms with Gasteiger partial charge in [-0.15, -0.1) is 0 Å². The molecule has 1 amide bonds. The number of ether oxygens (including phenoxy) is 2. The molecule has 2 unspecified atom stereocenters. The normalized spacial score (nSPS) is 21.5. The van der Waals surface area contributed by atoms with Gasteiger partial charge in [0.15, 0.2) is 11.5 Å². The molecule has 1 aliphatic heterocycles. The number of halogens is 2. The van der Waals surface area contributed by atoms with Crippen LogP contribution >= 0.6 is 0 Å². The van der Waals surface area contributed by atoms with Gasteiger partial charge in [0.25, 0.3) is 5.91 Å². The first-order chi connectivity index (χ1) is 10.5. The van der Waals surface area contributed by atoms with Crippen LogP contribution in [0.1, 0.15) is 30.1 Å². The van der Waals surface area contributed by atoms with Gasteiger partial charge in [-0.05, 0) is 44.5 Å². The highest BCUT2D eigenvalue weighted by Crippen LogP contribution is 2.29. The van der Waals surface area contributed by atoms with Gasteiger partial charge < -0.3 is 20.1 Å². The van der Waals surface area contributed by atoms with Crippen molar-refractivity contribution in [2.24, 2.45) is 0 Å². The van der Waals surface area contributed by atoms with Crippen molar-refractivity contribution < 1.29 is 23.0 Å². The van der Waals surface area contributed by atoms with Crippen molar-refractivity contribution in [3.05, 3.63) is 23.8 Å². The summed E-state index contributed by atoms with van der Waals surface area (Å²) in [6.45, 7) is -0.0406. The van der Waals surface area contributed by atoms with Crippen molar-refractivity contribution in [3.63, 3.8) is 0 Å². The molecular formula is C15H20F2N2O3. The summed E-state index contributed by atoms with van der Waals surface area (Å²) in [5.74, 6) is -0.313. The second-order valence-corrected chi connectivity index (χ2v) is 5.21. The molecule has 1 fully saturated rings. The first kappa shape index (κ1) is 16.5. The lowest BCUT2D eigenvalue weighted by Crippen LogP contribution is -2.51. The molecule has 2 atom stereocenters. The van der Waals surface area contributed by atoms with E-state index in [1.54, 1.807) is 0 Å². The molecule has 0 saturated carbocycles. The number of amides is 1. The van der Waals surface area contributed by atoms with E-state index in [2.05, 4.69) is 15.4 Å². The van der Waals surface area contributed by atoms with Crippen molar-refractivity contribution in [1.29, 1.82) is 0 Å². The summed E-state index contributed by atoms with van der Waals surface area (Å²) >= 11 is 0. The van der Waals surface area contributed by atoms with E-state index in [1.807, 2.05) is 6.92 Å². The number of piperidine rings is 1. The number of carbonyl (C=O) groups is 1. The van der Waals surface area contributed by atoms with Crippen LogP contribution in [-0.4, -0.2) is 38.3 Å². The van der Waals surface area contributed by atoms with Gasteiger partial charge in [0.1, 0.15) is 0 Å². The van der Waals surface area contributed by atoms with Gasteiger partial charge in [0.2, 0.25) is 0 Å². The number of nitrogens with one attached hydrogen (secondary N) is 2. The molecule has 0 aromatic heterocycles. The lowest BCUT2D eigenvalue weighted by atomic mass is 9.99. The highest BCUT2D eigenvalue weighted by molar-refractivity contribution is 5.95. The lowest BCUT2D eigenvalue weighted by molar-refractivity contribution is -0.0512. The summed E-state index contributed by atoms with van der Waals surface area (Å²) in [4.78, 5) is 12.3. The minimum atomic E-state index is -2.98. The fraction of sp³-hybridized carbons (Fsp3) is 0.533. The average molecular weight is 314 g/mol. The van der Waals surface area contributed by atoms with E-state index in [0.29, 0.717) is 0 Å². The quantitative estimate of drug-likeness (QED) is 0.874. The highest BCUT2D eigenvalue weighted by Gasteiger charge is 2.23. The van der Waals surface area contributed by atoms with Crippen LogP contribution in [0.3, 0.4) is 0 Å². The maximum atomic E-state index is 12.4. The summed E-state index contributed by atoms with van der Waals surface area (Å²) in [7, 11) is 1.35. The van der Waals surface area contributed by atoms with E-state index in [-0.39, 0.29) is 35.1 Å². The van der Waals surface area contributed by atoms with Gasteiger partial charge >= 0.3 is 6.61 Å². The number of rotatable bonds is 5. The van der Waals surface area contributed by atoms with Gasteiger partial charge in [-0.25, -0.2) is 0 Å². The van der Waals surface area contributed by atoms with E-state index >= 15 is 0 Å². The molecule has 1 aromatic carbocycles. The molecule has 7 heteroatoms. The third-order valence-corrected chi connectivity index (χ3v) is 3.72. The largest absolute Gasteiger partial charge is 0.493 e. The first-order valence-corrected chi connectivity index (χ1v) is 7.18. The van der Waals surface area contributed by atoms with E-state index in [0.717, 1.165) is 19.4 Å². The van der Waals surface area contributed by atoms with Crippen LogP contribution in [0.25, 0.3) is 0 Å². The Hall–Kier alpha value is -1.89. The molecule has 5 nitrogen and oxygen atoms in total. The predicted octanol–water partition coefficient (Wildman–Crippen LogP) is 2.17. The Bertz CT molecular complexity index is 526. The van der Waals surface area contributed by atoms with Crippen LogP contribution in [0.2, 0.25) is 0 Å². The molecule has 122 valence electrons. The molecule has 0 spiro atoms. The van der Waals surface area contributed by atoms with Crippen molar-refractivity contribution >= 4 is 5.91 Å². The summed E-state index contributed by atoms with van der Waals surface area (Å²) < 4.78 is 34.1. The molecule has 2 N–H and O–H groups in total. The highest BCUT2D eigenvalue weighted by atomic mass is 19.3. The van der Waals surface area contributed by atoms with Gasteiger partial charge in [-0.2, -0.15) is 8.78 Å². The molecule has 0 aliphatic carbocycles. The van der Waals surface area contributed by atoms with Gasteiger partial charge in [0, 0.05) is 17.6 Å². The molecule has 1 saturated heterocycles. The lowest BCUT2D eigenvalue weighted by Gasteiger charge is -2.30. The van der Waals surface area contributed by atoms with E-state index in [4.69, 9.17) is 4.74 Å². The second-order valence-electron chi connectivity index (χ2n) is 5.21. The Morgan fingerprint density at radius 3 is 2.82 bits per heavy atom. The summed E-state index contributed by atoms with van der Waals surface area (Å²) in [6, 6.07) is 4.42. The van der Waals surface area contributed by atoms with E-state index in [9.17, 15) is 13.6 Å². The Morgan fingerprint density at radius 1 is 1.41 bits per heavy atom. The third-order valence-electron chi connectivity index (χ3n) is 3.72. The van der Waals surface area contributed by atoms with Crippen molar-refractivity contribution in [2.45, 2.75) is 38.5 Å². The molecule has 1 heterocycles. The standard InChI is InChI=1S/C15H20F2N2O3/c1-9-11(4-3-7-18-9)19-14(20)10-5-6-12(21-2)13(8-10)22-15(16)17/h5-6,8-9,11,15,18H,3-4,7H2,1-2H3,(H,19,20). The summed E-state index contributed by atoms with van der Waals surface area (Å²) in [5, 5.41) is 6.20. The molecule has 22 heavy (non-hydrogen) atoms. The molecule has 1 aliphatic rings. The predicted molar refractivity (Wildman–Crippen MR) is 77.6 cm³/mol. The summed E-state index contributed by atoms with van der Waals surface area (Å²) in [5.41, 5.74) is 0.259. The van der Waals surface area contributed by atoms with Crippen LogP contribution < -0.4 is 20.1 Å². The van der Waals surface area contributed by atoms with E-state index < -0.39 is 6.61 Å². The maximum Gasteiger partial charge on any atom is 0.387 e. The molecule has 1 aromatic rings. The minimum Gasteiger partial charge on any atom is -0.493 e. The Kier molecular flexibility index (Phi) is 5.54. The topological polar surface area (TPSA) is 59.6 Å². The Labute approximate surface area is 128 Å². The summed E-state index contributed by atoms with van der Waals surface area (Å²) in [6.07, 6.45) is 1.87. The maximum absolute atomic E-state index is 12.4. The molecule has 0 bridgehead atoms. The van der Waals surface area contributed by atoms with Crippen molar-refractivity contribution in [3.8, 4) is 11.5 Å². The zero-order valence-corrected chi connectivity index (χ0v) is 12.6. The Morgan fingerprint density at radius 2 is 2.18 bits per heavy atom. The SMILES string of the molecule is COc1ccc(C(=O)NC2CCCNC2C)cc1OC(F)F. The zero-order chi connectivity index (χ0) is 16.1. The number of methoxy groups -OCH3 is 1. The minimum absolute atomic E-state index is 0.0165. The van der Waals surface area contributed by atoms with Crippen LogP contribution in [0.5, 0.6) is 11.5 Å². The van der Waals surface area contributed by atoms with Crippen LogP contribution in [0.4, 0.5) is 8.78 Å². The third kappa shape index (κ3) is 4.07. The van der Waals surface area contributed by atoms with Gasteiger partial charge in [-0.1, -0.05) is 0 Å². The van der Waals surface area contributed by atoms with E-state index in [1.165, 1.54) is 25.3 Å². The zero-order valence-electron chi connectivity index (χ0n) is 12.6. The van der Waals surface area contributed by atoms with Gasteiger partial charge in [0.05, 0.1) is 7.11 Å². The number of benzene rings is 1.